The average molecular weight is 295 g/mol. The Kier molecular flexibility index (Phi) is 3.42. The molecule has 1 unspecified atom stereocenters. The smallest absolute Gasteiger partial charge is 0.345 e. The molecule has 2 aliphatic carbocycles. The highest BCUT2D eigenvalue weighted by Gasteiger charge is 2.49. The summed E-state index contributed by atoms with van der Waals surface area (Å²) in [5.41, 5.74) is -1.22. The number of carboxylic acid groups (broad SMARTS) is 1. The van der Waals surface area contributed by atoms with E-state index in [9.17, 15) is 29.3 Å². The molecule has 0 aromatic rings. The minimum atomic E-state index is -1.76. The van der Waals surface area contributed by atoms with Crippen LogP contribution in [-0.4, -0.2) is 39.6 Å². The number of Topliss-reactive ketones (excluding diaryl/α,β-unsaturated/α-hetero) is 2. The molecule has 0 aromatic carbocycles. The number of esters is 1. The van der Waals surface area contributed by atoms with E-state index in [4.69, 9.17) is 5.11 Å². The average Bonchev–Trinajstić information content (AvgIpc) is 3.14. The van der Waals surface area contributed by atoms with E-state index in [1.54, 1.807) is 0 Å². The van der Waals surface area contributed by atoms with Gasteiger partial charge >= 0.3 is 17.6 Å². The van der Waals surface area contributed by atoms with Crippen molar-refractivity contribution in [1.82, 2.24) is 0 Å². The molecular weight excluding hydrogens is 286 g/mol. The Balaban J connectivity index is 2.38. The number of rotatable bonds is 5. The molecule has 9 heteroatoms. The fourth-order valence-electron chi connectivity index (χ4n) is 2.08. The first-order valence-corrected chi connectivity index (χ1v) is 5.83. The topological polar surface area (TPSA) is 141 Å². The summed E-state index contributed by atoms with van der Waals surface area (Å²) in [6, 6.07) is 0. The summed E-state index contributed by atoms with van der Waals surface area (Å²) < 4.78 is 4.50. The summed E-state index contributed by atoms with van der Waals surface area (Å²) in [5.74, 6) is -4.07. The number of nitro groups is 1. The number of allylic oxidation sites excluding steroid dienone is 2. The molecule has 0 saturated carbocycles. The molecule has 0 radical (unpaired) electrons. The fraction of sp³-hybridized carbons (Fsp3) is 0.333. The van der Waals surface area contributed by atoms with Crippen LogP contribution in [0.15, 0.2) is 22.4 Å². The van der Waals surface area contributed by atoms with Crippen molar-refractivity contribution in [3.63, 3.8) is 0 Å². The molecule has 9 nitrogen and oxygen atoms in total. The van der Waals surface area contributed by atoms with Gasteiger partial charge in [-0.25, -0.2) is 4.79 Å². The van der Waals surface area contributed by atoms with E-state index in [1.807, 2.05) is 0 Å². The highest BCUT2D eigenvalue weighted by atomic mass is 16.6. The second-order valence-electron chi connectivity index (χ2n) is 4.52. The van der Waals surface area contributed by atoms with Gasteiger partial charge in [0.1, 0.15) is 0 Å². The van der Waals surface area contributed by atoms with Crippen molar-refractivity contribution in [3.05, 3.63) is 32.5 Å². The number of ether oxygens (including phenoxy) is 1. The van der Waals surface area contributed by atoms with E-state index in [-0.39, 0.29) is 17.6 Å². The summed E-state index contributed by atoms with van der Waals surface area (Å²) in [6.07, 6.45) is -2.40. The number of hydrogen-bond donors (Lipinski definition) is 1. The Bertz CT molecular complexity index is 669. The molecule has 2 rings (SSSR count). The molecule has 0 amide bonds. The van der Waals surface area contributed by atoms with Crippen molar-refractivity contribution < 1.29 is 33.9 Å². The summed E-state index contributed by atoms with van der Waals surface area (Å²) in [6.45, 7) is 0.966. The van der Waals surface area contributed by atoms with E-state index in [0.717, 1.165) is 6.92 Å². The van der Waals surface area contributed by atoms with Crippen LogP contribution in [0.1, 0.15) is 19.8 Å². The lowest BCUT2D eigenvalue weighted by atomic mass is 9.95. The van der Waals surface area contributed by atoms with Gasteiger partial charge in [-0.2, -0.15) is 0 Å². The standard InChI is InChI=1S/C12H9NO8/c1-4(14)21-8(12(17)18)3-7-9(13(19)20)11(16)6-2-5(6)10(7)15/h8H,2-3H2,1H3,(H,17,18). The maximum atomic E-state index is 12.0. The lowest BCUT2D eigenvalue weighted by Gasteiger charge is -2.14. The van der Waals surface area contributed by atoms with Crippen molar-refractivity contribution in [2.45, 2.75) is 25.9 Å². The van der Waals surface area contributed by atoms with Crippen LogP contribution < -0.4 is 0 Å². The van der Waals surface area contributed by atoms with E-state index in [0.29, 0.717) is 0 Å². The van der Waals surface area contributed by atoms with Gasteiger partial charge in [0, 0.05) is 30.9 Å². The van der Waals surface area contributed by atoms with Crippen LogP contribution in [0.4, 0.5) is 0 Å². The van der Waals surface area contributed by atoms with Crippen LogP contribution in [0, 0.1) is 10.1 Å². The van der Waals surface area contributed by atoms with Gasteiger partial charge in [0.2, 0.25) is 6.10 Å². The van der Waals surface area contributed by atoms with Crippen LogP contribution >= 0.6 is 0 Å². The van der Waals surface area contributed by atoms with Gasteiger partial charge in [0.15, 0.2) is 5.78 Å². The third kappa shape index (κ3) is 2.57. The quantitative estimate of drug-likeness (QED) is 0.317. The predicted molar refractivity (Wildman–Crippen MR) is 63.5 cm³/mol. The van der Waals surface area contributed by atoms with Crippen LogP contribution in [0.5, 0.6) is 0 Å². The normalized spacial score (nSPS) is 18.3. The molecule has 0 fully saturated rings. The summed E-state index contributed by atoms with van der Waals surface area (Å²) in [7, 11) is 0. The first kappa shape index (κ1) is 14.6. The number of hydrogen-bond acceptors (Lipinski definition) is 7. The maximum Gasteiger partial charge on any atom is 0.345 e. The van der Waals surface area contributed by atoms with E-state index >= 15 is 0 Å². The molecule has 0 saturated heterocycles. The molecule has 110 valence electrons. The minimum absolute atomic E-state index is 0.0732. The third-order valence-electron chi connectivity index (χ3n) is 3.07. The molecule has 2 aliphatic rings. The SMILES string of the molecule is CC(=O)OC(CC1=C([N+](=O)[O-])C(=O)C2=C(C2)C1=O)C(=O)O. The summed E-state index contributed by atoms with van der Waals surface area (Å²) in [4.78, 5) is 55.5. The molecule has 0 spiro atoms. The van der Waals surface area contributed by atoms with E-state index in [1.165, 1.54) is 0 Å². The second kappa shape index (κ2) is 4.93. The number of ketones is 2. The van der Waals surface area contributed by atoms with Crippen LogP contribution in [0.3, 0.4) is 0 Å². The van der Waals surface area contributed by atoms with Crippen LogP contribution in [0.2, 0.25) is 0 Å². The molecule has 0 bridgehead atoms. The zero-order valence-corrected chi connectivity index (χ0v) is 10.7. The van der Waals surface area contributed by atoms with Crippen molar-refractivity contribution in [2.24, 2.45) is 0 Å². The summed E-state index contributed by atoms with van der Waals surface area (Å²) >= 11 is 0. The van der Waals surface area contributed by atoms with Gasteiger partial charge in [-0.05, 0) is 0 Å². The molecule has 21 heavy (non-hydrogen) atoms. The van der Waals surface area contributed by atoms with E-state index in [2.05, 4.69) is 4.74 Å². The number of carbonyl (C=O) groups excluding carboxylic acids is 3. The number of nitrogens with zero attached hydrogens (tertiary/aromatic N) is 1. The highest BCUT2D eigenvalue weighted by Crippen LogP contribution is 2.42. The van der Waals surface area contributed by atoms with Gasteiger partial charge in [-0.15, -0.1) is 0 Å². The van der Waals surface area contributed by atoms with E-state index < -0.39 is 52.2 Å². The zero-order chi connectivity index (χ0) is 15.9. The largest absolute Gasteiger partial charge is 0.478 e. The Morgan fingerprint density at radius 1 is 1.33 bits per heavy atom. The first-order valence-electron chi connectivity index (χ1n) is 5.83. The van der Waals surface area contributed by atoms with Gasteiger partial charge in [-0.1, -0.05) is 0 Å². The van der Waals surface area contributed by atoms with Crippen LogP contribution in [-0.2, 0) is 23.9 Å². The number of carboxylic acids is 1. The lowest BCUT2D eigenvalue weighted by Crippen LogP contribution is -2.30. The van der Waals surface area contributed by atoms with Gasteiger partial charge in [-0.3, -0.25) is 24.5 Å². The maximum absolute atomic E-state index is 12.0. The Hall–Kier alpha value is -2.84. The first-order chi connectivity index (χ1) is 9.73. The molecular formula is C12H9NO8. The Morgan fingerprint density at radius 3 is 2.38 bits per heavy atom. The monoisotopic (exact) mass is 295 g/mol. The van der Waals surface area contributed by atoms with Crippen molar-refractivity contribution >= 4 is 23.5 Å². The molecule has 1 N–H and O–H groups in total. The van der Waals surface area contributed by atoms with Gasteiger partial charge in [0.25, 0.3) is 5.78 Å². The molecule has 0 aliphatic heterocycles. The molecule has 0 heterocycles. The minimum Gasteiger partial charge on any atom is -0.478 e. The van der Waals surface area contributed by atoms with Crippen molar-refractivity contribution in [2.75, 3.05) is 0 Å². The second-order valence-corrected chi connectivity index (χ2v) is 4.52. The Labute approximate surface area is 117 Å². The van der Waals surface area contributed by atoms with Gasteiger partial charge < -0.3 is 9.84 Å². The lowest BCUT2D eigenvalue weighted by molar-refractivity contribution is -0.419. The van der Waals surface area contributed by atoms with Crippen LogP contribution in [0.25, 0.3) is 0 Å². The number of carbonyl (C=O) groups is 4. The Morgan fingerprint density at radius 2 is 1.90 bits per heavy atom. The molecule has 0 aromatic heterocycles. The zero-order valence-electron chi connectivity index (χ0n) is 10.7. The highest BCUT2D eigenvalue weighted by molar-refractivity contribution is 6.29. The predicted octanol–water partition coefficient (Wildman–Crippen LogP) is -0.224. The van der Waals surface area contributed by atoms with Gasteiger partial charge in [0.05, 0.1) is 10.5 Å². The summed E-state index contributed by atoms with van der Waals surface area (Å²) in [5, 5.41) is 19.9. The number of aliphatic carboxylic acids is 1. The third-order valence-corrected chi connectivity index (χ3v) is 3.07. The van der Waals surface area contributed by atoms with Crippen molar-refractivity contribution in [3.8, 4) is 0 Å². The fourth-order valence-corrected chi connectivity index (χ4v) is 2.08. The van der Waals surface area contributed by atoms with Crippen molar-refractivity contribution in [1.29, 1.82) is 0 Å². The molecule has 1 atom stereocenters.